The van der Waals surface area contributed by atoms with Crippen molar-refractivity contribution in [1.29, 1.82) is 0 Å². The first-order chi connectivity index (χ1) is 25.4. The van der Waals surface area contributed by atoms with E-state index in [1.165, 1.54) is 36.4 Å². The molecule has 8 N–H and O–H groups in total. The van der Waals surface area contributed by atoms with Crippen molar-refractivity contribution < 1.29 is 50.5 Å². The Labute approximate surface area is 307 Å². The molecule has 0 atom stereocenters. The molecule has 0 radical (unpaired) electrons. The molecule has 0 aliphatic heterocycles. The molecular formula is C37H30N4O11S2. The Balaban J connectivity index is 1.19. The third-order valence-corrected chi connectivity index (χ3v) is 10.3. The van der Waals surface area contributed by atoms with Crippen molar-refractivity contribution in [2.24, 2.45) is 0 Å². The Bertz CT molecular complexity index is 2600. The van der Waals surface area contributed by atoms with Crippen LogP contribution in [-0.4, -0.2) is 54.0 Å². The molecule has 0 aromatic heterocycles. The highest BCUT2D eigenvalue weighted by Gasteiger charge is 2.23. The normalized spacial score (nSPS) is 11.6. The van der Waals surface area contributed by atoms with Crippen LogP contribution in [-0.2, 0) is 20.2 Å². The largest absolute Gasteiger partial charge is 0.506 e. The minimum atomic E-state index is -4.77. The van der Waals surface area contributed by atoms with Gasteiger partial charge in [0.2, 0.25) is 0 Å². The van der Waals surface area contributed by atoms with Crippen molar-refractivity contribution in [2.45, 2.75) is 23.6 Å². The van der Waals surface area contributed by atoms with Crippen LogP contribution in [0.15, 0.2) is 107 Å². The predicted octanol–water partition coefficient (Wildman–Crippen LogP) is 6.66. The van der Waals surface area contributed by atoms with Crippen LogP contribution in [0.2, 0.25) is 0 Å². The van der Waals surface area contributed by atoms with Gasteiger partial charge in [-0.25, -0.2) is 4.79 Å². The van der Waals surface area contributed by atoms with E-state index in [1.807, 2.05) is 0 Å². The number of hydrogen-bond donors (Lipinski definition) is 8. The number of fused-ring (bicyclic) bond motifs is 2. The number of urea groups is 1. The number of carbonyl (C=O) groups excluding carboxylic acids is 3. The van der Waals surface area contributed by atoms with Gasteiger partial charge in [-0.1, -0.05) is 48.5 Å². The fraction of sp³-hybridized carbons (Fsp3) is 0.0541. The topological polar surface area (TPSA) is 249 Å². The third kappa shape index (κ3) is 7.50. The standard InChI is InChI=1S/C37H30N4O11S2/c1-19-9-13-23(17-25(19)35(44)40-27-7-3-5-21-11-15-29(53(47,48)49)33(42)31(21)27)38-37(46)39-24-14-10-20(2)26(18-24)36(45)41-28-8-4-6-22-12-16-30(54(50,51)52)34(43)32(22)28/h3-18,42-43H,1-2H3,(H,40,44)(H,41,45)(H2,38,39,46)(H,47,48,49)(H,50,51,52). The molecule has 15 nitrogen and oxygen atoms in total. The van der Waals surface area contributed by atoms with Gasteiger partial charge in [-0.05, 0) is 84.3 Å². The molecule has 0 aliphatic carbocycles. The number of nitrogens with one attached hydrogen (secondary N) is 4. The fourth-order valence-corrected chi connectivity index (χ4v) is 7.04. The van der Waals surface area contributed by atoms with E-state index in [-0.39, 0.29) is 44.6 Å². The smallest absolute Gasteiger partial charge is 0.323 e. The monoisotopic (exact) mass is 770 g/mol. The van der Waals surface area contributed by atoms with Gasteiger partial charge in [0, 0.05) is 33.3 Å². The Kier molecular flexibility index (Phi) is 9.74. The van der Waals surface area contributed by atoms with Crippen molar-refractivity contribution in [3.63, 3.8) is 0 Å². The predicted molar refractivity (Wildman–Crippen MR) is 202 cm³/mol. The van der Waals surface area contributed by atoms with Crippen LogP contribution < -0.4 is 21.3 Å². The highest BCUT2D eigenvalue weighted by Crippen LogP contribution is 2.38. The zero-order chi connectivity index (χ0) is 39.1. The van der Waals surface area contributed by atoms with E-state index >= 15 is 0 Å². The Morgan fingerprint density at radius 2 is 0.907 bits per heavy atom. The molecule has 0 spiro atoms. The average molecular weight is 771 g/mol. The van der Waals surface area contributed by atoms with Gasteiger partial charge >= 0.3 is 6.03 Å². The van der Waals surface area contributed by atoms with E-state index in [4.69, 9.17) is 0 Å². The second-order valence-electron chi connectivity index (χ2n) is 12.1. The Hall–Kier alpha value is -6.53. The molecule has 0 heterocycles. The van der Waals surface area contributed by atoms with Crippen LogP contribution in [0.1, 0.15) is 31.8 Å². The third-order valence-electron chi connectivity index (χ3n) is 8.49. The first-order valence-electron chi connectivity index (χ1n) is 15.8. The summed E-state index contributed by atoms with van der Waals surface area (Å²) in [6.07, 6.45) is 0. The minimum absolute atomic E-state index is 0.0139. The Morgan fingerprint density at radius 1 is 0.519 bits per heavy atom. The first-order valence-corrected chi connectivity index (χ1v) is 18.7. The summed E-state index contributed by atoms with van der Waals surface area (Å²) in [7, 11) is -9.53. The summed E-state index contributed by atoms with van der Waals surface area (Å²) in [6, 6.07) is 22.4. The summed E-state index contributed by atoms with van der Waals surface area (Å²) in [4.78, 5) is 38.5. The summed E-state index contributed by atoms with van der Waals surface area (Å²) < 4.78 is 66.1. The molecule has 6 aromatic carbocycles. The molecule has 276 valence electrons. The molecule has 0 unspecified atom stereocenters. The summed E-state index contributed by atoms with van der Waals surface area (Å²) >= 11 is 0. The number of rotatable bonds is 8. The van der Waals surface area contributed by atoms with E-state index in [0.29, 0.717) is 21.9 Å². The number of carbonyl (C=O) groups is 3. The number of benzene rings is 6. The number of aryl methyl sites for hydroxylation is 2. The van der Waals surface area contributed by atoms with E-state index in [0.717, 1.165) is 12.1 Å². The van der Waals surface area contributed by atoms with Crippen molar-refractivity contribution in [3.8, 4) is 11.5 Å². The van der Waals surface area contributed by atoms with Gasteiger partial charge in [0.05, 0.1) is 11.4 Å². The molecule has 6 rings (SSSR count). The number of amides is 4. The average Bonchev–Trinajstić information content (AvgIpc) is 3.09. The molecule has 0 fully saturated rings. The van der Waals surface area contributed by atoms with Crippen molar-refractivity contribution in [1.82, 2.24) is 0 Å². The highest BCUT2D eigenvalue weighted by molar-refractivity contribution is 7.86. The quantitative estimate of drug-likeness (QED) is 0.0760. The highest BCUT2D eigenvalue weighted by atomic mass is 32.2. The lowest BCUT2D eigenvalue weighted by Crippen LogP contribution is -2.21. The molecule has 0 aliphatic rings. The Morgan fingerprint density at radius 3 is 1.28 bits per heavy atom. The lowest BCUT2D eigenvalue weighted by molar-refractivity contribution is 0.101. The molecule has 0 bridgehead atoms. The summed E-state index contributed by atoms with van der Waals surface area (Å²) in [5.74, 6) is -2.78. The second-order valence-corrected chi connectivity index (χ2v) is 14.9. The van der Waals surface area contributed by atoms with Crippen LogP contribution in [0, 0.1) is 13.8 Å². The van der Waals surface area contributed by atoms with Gasteiger partial charge in [0.1, 0.15) is 21.3 Å². The van der Waals surface area contributed by atoms with Crippen LogP contribution >= 0.6 is 0 Å². The molecule has 6 aromatic rings. The van der Waals surface area contributed by atoms with Crippen LogP contribution in [0.4, 0.5) is 27.5 Å². The zero-order valence-electron chi connectivity index (χ0n) is 28.2. The second kappa shape index (κ2) is 14.1. The van der Waals surface area contributed by atoms with Gasteiger partial charge in [0.15, 0.2) is 0 Å². The van der Waals surface area contributed by atoms with Crippen molar-refractivity contribution in [3.05, 3.63) is 119 Å². The fourth-order valence-electron chi connectivity index (χ4n) is 5.87. The van der Waals surface area contributed by atoms with Gasteiger partial charge < -0.3 is 31.5 Å². The maximum absolute atomic E-state index is 13.4. The number of aromatic hydroxyl groups is 2. The van der Waals surface area contributed by atoms with E-state index in [9.17, 15) is 50.5 Å². The number of anilines is 4. The number of phenols is 2. The molecule has 4 amide bonds. The van der Waals surface area contributed by atoms with Crippen molar-refractivity contribution in [2.75, 3.05) is 21.3 Å². The maximum atomic E-state index is 13.4. The van der Waals surface area contributed by atoms with E-state index < -0.39 is 59.4 Å². The molecular weight excluding hydrogens is 741 g/mol. The van der Waals surface area contributed by atoms with E-state index in [1.54, 1.807) is 62.4 Å². The minimum Gasteiger partial charge on any atom is -0.506 e. The molecule has 54 heavy (non-hydrogen) atoms. The molecule has 17 heteroatoms. The molecule has 0 saturated heterocycles. The summed E-state index contributed by atoms with van der Waals surface area (Å²) in [5, 5.41) is 32.7. The molecule has 0 saturated carbocycles. The lowest BCUT2D eigenvalue weighted by atomic mass is 10.0. The van der Waals surface area contributed by atoms with Gasteiger partial charge in [-0.2, -0.15) is 16.8 Å². The van der Waals surface area contributed by atoms with Gasteiger partial charge in [0.25, 0.3) is 32.1 Å². The van der Waals surface area contributed by atoms with Crippen LogP contribution in [0.5, 0.6) is 11.5 Å². The maximum Gasteiger partial charge on any atom is 0.323 e. The lowest BCUT2D eigenvalue weighted by Gasteiger charge is -2.15. The van der Waals surface area contributed by atoms with Gasteiger partial charge in [-0.3, -0.25) is 18.7 Å². The zero-order valence-corrected chi connectivity index (χ0v) is 29.8. The number of hydrogen-bond acceptors (Lipinski definition) is 9. The summed E-state index contributed by atoms with van der Waals surface area (Å²) in [5.41, 5.74) is 1.85. The van der Waals surface area contributed by atoms with Gasteiger partial charge in [-0.15, -0.1) is 0 Å². The SMILES string of the molecule is Cc1ccc(NC(=O)Nc2ccc(C)c(C(=O)Nc3cccc4ccc(S(=O)(=O)O)c(O)c34)c2)cc1C(=O)Nc1cccc2ccc(S(=O)(=O)O)c(O)c12. The van der Waals surface area contributed by atoms with Crippen molar-refractivity contribution >= 4 is 82.4 Å². The van der Waals surface area contributed by atoms with E-state index in [2.05, 4.69) is 21.3 Å². The van der Waals surface area contributed by atoms with Crippen LogP contribution in [0.25, 0.3) is 21.5 Å². The summed E-state index contributed by atoms with van der Waals surface area (Å²) in [6.45, 7) is 3.31. The number of phenolic OH excluding ortho intramolecular Hbond substituents is 2. The van der Waals surface area contributed by atoms with Crippen LogP contribution in [0.3, 0.4) is 0 Å². The first kappa shape index (κ1) is 37.2.